The molecule has 0 amide bonds. The predicted molar refractivity (Wildman–Crippen MR) is 135 cm³/mol. The van der Waals surface area contributed by atoms with Gasteiger partial charge in [-0.2, -0.15) is 0 Å². The van der Waals surface area contributed by atoms with E-state index in [1.54, 1.807) is 6.20 Å². The van der Waals surface area contributed by atoms with Crippen molar-refractivity contribution >= 4 is 0 Å². The molecule has 3 heterocycles. The fraction of sp³-hybridized carbons (Fsp3) is 0.483. The summed E-state index contributed by atoms with van der Waals surface area (Å²) in [6.07, 6.45) is 1.67. The van der Waals surface area contributed by atoms with Gasteiger partial charge in [0, 0.05) is 28.2 Å². The van der Waals surface area contributed by atoms with Crippen LogP contribution in [0.15, 0.2) is 36.5 Å². The Kier molecular flexibility index (Phi) is 5.52. The molecule has 4 nitrogen and oxygen atoms in total. The number of pyridine rings is 1. The van der Waals surface area contributed by atoms with Crippen LogP contribution in [-0.2, 0) is 26.8 Å². The lowest BCUT2D eigenvalue weighted by atomic mass is 9.86. The monoisotopic (exact) mass is 461 g/mol. The summed E-state index contributed by atoms with van der Waals surface area (Å²) in [7, 11) is 0. The maximum absolute atomic E-state index is 15.4. The fourth-order valence-corrected chi connectivity index (χ4v) is 4.58. The lowest BCUT2D eigenvalue weighted by molar-refractivity contribution is -0.105. The average Bonchev–Trinajstić information content (AvgIpc) is 2.89. The van der Waals surface area contributed by atoms with Crippen molar-refractivity contribution in [3.63, 3.8) is 0 Å². The van der Waals surface area contributed by atoms with Gasteiger partial charge in [0.1, 0.15) is 11.5 Å². The molecular formula is C29H36FN3O. The van der Waals surface area contributed by atoms with Gasteiger partial charge in [0.25, 0.3) is 0 Å². The average molecular weight is 462 g/mol. The van der Waals surface area contributed by atoms with Gasteiger partial charge in [0.05, 0.1) is 22.6 Å². The number of halogens is 1. The summed E-state index contributed by atoms with van der Waals surface area (Å²) in [6, 6.07) is 9.50. The molecule has 0 N–H and O–H groups in total. The van der Waals surface area contributed by atoms with Gasteiger partial charge < -0.3 is 4.74 Å². The maximum atomic E-state index is 15.4. The summed E-state index contributed by atoms with van der Waals surface area (Å²) < 4.78 is 21.7. The van der Waals surface area contributed by atoms with Crippen molar-refractivity contribution in [2.45, 2.75) is 91.3 Å². The van der Waals surface area contributed by atoms with Crippen molar-refractivity contribution in [2.24, 2.45) is 0 Å². The van der Waals surface area contributed by atoms with E-state index in [0.717, 1.165) is 28.1 Å². The van der Waals surface area contributed by atoms with Crippen LogP contribution in [0.3, 0.4) is 0 Å². The van der Waals surface area contributed by atoms with E-state index in [0.29, 0.717) is 17.1 Å². The molecule has 0 fully saturated rings. The first-order valence-electron chi connectivity index (χ1n) is 11.9. The van der Waals surface area contributed by atoms with Gasteiger partial charge in [-0.3, -0.25) is 4.98 Å². The summed E-state index contributed by atoms with van der Waals surface area (Å²) in [5.74, 6) is 0.107. The maximum Gasteiger partial charge on any atom is 0.161 e. The van der Waals surface area contributed by atoms with Crippen LogP contribution in [0.4, 0.5) is 4.39 Å². The van der Waals surface area contributed by atoms with Gasteiger partial charge in [-0.1, -0.05) is 53.7 Å². The Labute approximate surface area is 203 Å². The highest BCUT2D eigenvalue weighted by Gasteiger charge is 2.43. The van der Waals surface area contributed by atoms with Crippen molar-refractivity contribution in [3.05, 3.63) is 64.9 Å². The zero-order valence-electron chi connectivity index (χ0n) is 22.1. The zero-order valence-corrected chi connectivity index (χ0v) is 22.1. The first-order chi connectivity index (χ1) is 15.5. The molecule has 34 heavy (non-hydrogen) atoms. The second kappa shape index (κ2) is 7.67. The smallest absolute Gasteiger partial charge is 0.161 e. The number of aromatic nitrogens is 3. The van der Waals surface area contributed by atoms with Crippen LogP contribution in [0, 0.1) is 5.82 Å². The number of rotatable bonds is 2. The fourth-order valence-electron chi connectivity index (χ4n) is 4.58. The van der Waals surface area contributed by atoms with Gasteiger partial charge in [0.15, 0.2) is 5.82 Å². The Morgan fingerprint density at radius 1 is 0.735 bits per heavy atom. The molecule has 1 aromatic carbocycles. The molecule has 4 rings (SSSR count). The van der Waals surface area contributed by atoms with Gasteiger partial charge in [-0.15, -0.1) is 0 Å². The van der Waals surface area contributed by atoms with Crippen LogP contribution < -0.4 is 0 Å². The summed E-state index contributed by atoms with van der Waals surface area (Å²) in [4.78, 5) is 14.1. The van der Waals surface area contributed by atoms with Crippen molar-refractivity contribution in [1.82, 2.24) is 15.0 Å². The van der Waals surface area contributed by atoms with Gasteiger partial charge in [-0.25, -0.2) is 14.4 Å². The molecule has 0 saturated carbocycles. The number of hydrogen-bond acceptors (Lipinski definition) is 4. The van der Waals surface area contributed by atoms with Gasteiger partial charge in [0.2, 0.25) is 0 Å². The van der Waals surface area contributed by atoms with E-state index in [-0.39, 0.29) is 16.4 Å². The third-order valence-corrected chi connectivity index (χ3v) is 6.46. The van der Waals surface area contributed by atoms with Crippen molar-refractivity contribution in [2.75, 3.05) is 0 Å². The number of fused-ring (bicyclic) bond motifs is 1. The van der Waals surface area contributed by atoms with E-state index in [1.165, 1.54) is 6.07 Å². The molecule has 0 aliphatic carbocycles. The lowest BCUT2D eigenvalue weighted by Gasteiger charge is -2.24. The Morgan fingerprint density at radius 2 is 1.29 bits per heavy atom. The lowest BCUT2D eigenvalue weighted by Crippen LogP contribution is -2.22. The molecule has 1 aliphatic rings. The summed E-state index contributed by atoms with van der Waals surface area (Å²) in [5.41, 5.74) is 4.52. The van der Waals surface area contributed by atoms with E-state index in [4.69, 9.17) is 14.7 Å². The molecule has 3 aromatic rings. The number of ether oxygens (including phenoxy) is 1. The van der Waals surface area contributed by atoms with Crippen LogP contribution in [0.5, 0.6) is 0 Å². The van der Waals surface area contributed by atoms with E-state index < -0.39 is 11.4 Å². The zero-order chi connectivity index (χ0) is 25.3. The minimum Gasteiger partial charge on any atom is -0.360 e. The topological polar surface area (TPSA) is 47.9 Å². The highest BCUT2D eigenvalue weighted by atomic mass is 19.1. The molecule has 5 heteroatoms. The van der Waals surface area contributed by atoms with Crippen LogP contribution in [-0.4, -0.2) is 15.0 Å². The van der Waals surface area contributed by atoms with Crippen LogP contribution in [0.2, 0.25) is 0 Å². The minimum atomic E-state index is -0.449. The summed E-state index contributed by atoms with van der Waals surface area (Å²) in [5, 5.41) is 0. The molecule has 0 saturated heterocycles. The molecule has 180 valence electrons. The third kappa shape index (κ3) is 4.38. The predicted octanol–water partition coefficient (Wildman–Crippen LogP) is 7.44. The molecular weight excluding hydrogens is 425 g/mol. The molecule has 1 aliphatic heterocycles. The first kappa shape index (κ1) is 24.5. The highest BCUT2D eigenvalue weighted by molar-refractivity contribution is 5.66. The van der Waals surface area contributed by atoms with Gasteiger partial charge in [-0.05, 0) is 57.0 Å². The Balaban J connectivity index is 1.79. The van der Waals surface area contributed by atoms with Gasteiger partial charge >= 0.3 is 0 Å². The standard InChI is InChI=1S/C29H36FN3O/c1-26(2,3)22-15-23(27(4,5)6)33-25(32-22)18-14-21(30)24(31-16-18)17-11-12-19-20(13-17)29(9,10)34-28(19,7)8/h11-16H,1-10H3. The van der Waals surface area contributed by atoms with Crippen molar-refractivity contribution in [3.8, 4) is 22.6 Å². The highest BCUT2D eigenvalue weighted by Crippen LogP contribution is 2.47. The number of hydrogen-bond donors (Lipinski definition) is 0. The molecule has 0 spiro atoms. The summed E-state index contributed by atoms with van der Waals surface area (Å²) in [6.45, 7) is 20.9. The molecule has 0 unspecified atom stereocenters. The van der Waals surface area contributed by atoms with E-state index in [2.05, 4.69) is 66.4 Å². The molecule has 2 aromatic heterocycles. The SMILES string of the molecule is CC(C)(C)c1cc(C(C)(C)C)nc(-c2cnc(-c3ccc4c(c3)C(C)(C)OC4(C)C)c(F)c2)n1. The van der Waals surface area contributed by atoms with E-state index in [1.807, 2.05) is 32.0 Å². The van der Waals surface area contributed by atoms with Crippen molar-refractivity contribution in [1.29, 1.82) is 0 Å². The van der Waals surface area contributed by atoms with Crippen molar-refractivity contribution < 1.29 is 9.13 Å². The number of nitrogens with zero attached hydrogens (tertiary/aromatic N) is 3. The van der Waals surface area contributed by atoms with E-state index in [9.17, 15) is 0 Å². The second-order valence-electron chi connectivity index (χ2n) is 12.4. The largest absolute Gasteiger partial charge is 0.360 e. The summed E-state index contributed by atoms with van der Waals surface area (Å²) >= 11 is 0. The normalized spacial score (nSPS) is 17.0. The van der Waals surface area contributed by atoms with Crippen LogP contribution in [0.25, 0.3) is 22.6 Å². The molecule has 0 bridgehead atoms. The van der Waals surface area contributed by atoms with Crippen LogP contribution >= 0.6 is 0 Å². The Hall–Kier alpha value is -2.66. The van der Waals surface area contributed by atoms with E-state index >= 15 is 4.39 Å². The molecule has 0 atom stereocenters. The van der Waals surface area contributed by atoms with Crippen LogP contribution in [0.1, 0.15) is 91.8 Å². The Morgan fingerprint density at radius 3 is 1.82 bits per heavy atom. The quantitative estimate of drug-likeness (QED) is 0.398. The minimum absolute atomic E-state index is 0.156. The third-order valence-electron chi connectivity index (χ3n) is 6.46. The number of benzene rings is 1. The first-order valence-corrected chi connectivity index (χ1v) is 11.9. The Bertz CT molecular complexity index is 1230. The molecule has 0 radical (unpaired) electrons. The second-order valence-corrected chi connectivity index (χ2v) is 12.4.